The van der Waals surface area contributed by atoms with Gasteiger partial charge in [-0.3, -0.25) is 4.79 Å². The van der Waals surface area contributed by atoms with Crippen LogP contribution in [0.2, 0.25) is 0 Å². The molecule has 2 bridgehead atoms. The van der Waals surface area contributed by atoms with Crippen LogP contribution in [0.1, 0.15) is 22.5 Å². The lowest BCUT2D eigenvalue weighted by Crippen LogP contribution is -3.16. The number of quaternary nitrogens is 1. The molecule has 4 rings (SSSR count). The Balaban J connectivity index is 1.65. The fourth-order valence-corrected chi connectivity index (χ4v) is 3.27. The third-order valence-electron chi connectivity index (χ3n) is 3.64. The van der Waals surface area contributed by atoms with Crippen LogP contribution >= 0.6 is 11.3 Å². The van der Waals surface area contributed by atoms with Crippen LogP contribution in [0.3, 0.4) is 0 Å². The third-order valence-corrected chi connectivity index (χ3v) is 4.51. The minimum Gasteiger partial charge on any atom is -0.330 e. The summed E-state index contributed by atoms with van der Waals surface area (Å²) in [5.41, 5.74) is 3.87. The number of amides is 1. The number of hydrogen-bond donors (Lipinski definition) is 2. The molecular weight excluding hydrogens is 234 g/mol. The number of thiophene rings is 1. The Kier molecular flexibility index (Phi) is 2.94. The molecule has 0 saturated carbocycles. The highest BCUT2D eigenvalue weighted by molar-refractivity contribution is 7.12. The van der Waals surface area contributed by atoms with E-state index < -0.39 is 0 Å². The van der Waals surface area contributed by atoms with Gasteiger partial charge in [-0.1, -0.05) is 6.07 Å². The van der Waals surface area contributed by atoms with Crippen molar-refractivity contribution >= 4 is 23.0 Å². The Hall–Kier alpha value is -1.20. The molecule has 0 spiro atoms. The van der Waals surface area contributed by atoms with E-state index in [0.717, 1.165) is 11.4 Å². The second-order valence-corrected chi connectivity index (χ2v) is 5.67. The number of nitrogens with one attached hydrogen (secondary N) is 2. The predicted octanol–water partition coefficient (Wildman–Crippen LogP) is 0.142. The van der Waals surface area contributed by atoms with Crippen molar-refractivity contribution in [1.82, 2.24) is 5.43 Å². The van der Waals surface area contributed by atoms with Crippen LogP contribution in [0.15, 0.2) is 22.6 Å². The van der Waals surface area contributed by atoms with E-state index in [9.17, 15) is 4.79 Å². The van der Waals surface area contributed by atoms with E-state index in [0.29, 0.717) is 5.92 Å². The average Bonchev–Trinajstić information content (AvgIpc) is 2.91. The fraction of sp³-hybridized carbons (Fsp3) is 0.500. The molecular formula is C12H16N3OS+. The average molecular weight is 250 g/mol. The molecule has 4 nitrogen and oxygen atoms in total. The van der Waals surface area contributed by atoms with Crippen LogP contribution in [-0.4, -0.2) is 31.3 Å². The summed E-state index contributed by atoms with van der Waals surface area (Å²) in [6.07, 6.45) is 2.45. The van der Waals surface area contributed by atoms with Crippen molar-refractivity contribution in [2.24, 2.45) is 11.0 Å². The highest BCUT2D eigenvalue weighted by Crippen LogP contribution is 2.15. The van der Waals surface area contributed by atoms with E-state index in [-0.39, 0.29) is 5.91 Å². The van der Waals surface area contributed by atoms with Gasteiger partial charge in [0.05, 0.1) is 23.7 Å². The van der Waals surface area contributed by atoms with Crippen molar-refractivity contribution < 1.29 is 9.69 Å². The van der Waals surface area contributed by atoms with Gasteiger partial charge in [0.2, 0.25) is 0 Å². The molecule has 0 atom stereocenters. The number of fused-ring (bicyclic) bond motifs is 3. The van der Waals surface area contributed by atoms with E-state index in [1.807, 2.05) is 17.5 Å². The molecule has 17 heavy (non-hydrogen) atoms. The second kappa shape index (κ2) is 4.58. The van der Waals surface area contributed by atoms with Crippen molar-refractivity contribution in [2.45, 2.75) is 12.8 Å². The molecule has 2 N–H and O–H groups in total. The standard InChI is InChI=1S/C12H15N3OS/c16-12(11-2-1-7-17-11)14-13-10-8-15-5-3-9(10)4-6-15/h1-2,7,9H,3-6,8H2,(H,14,16)/p+1/b13-10+. The lowest BCUT2D eigenvalue weighted by Gasteiger charge is -2.36. The molecule has 3 saturated heterocycles. The first-order valence-corrected chi connectivity index (χ1v) is 6.95. The van der Waals surface area contributed by atoms with Crippen molar-refractivity contribution in [3.63, 3.8) is 0 Å². The maximum Gasteiger partial charge on any atom is 0.281 e. The van der Waals surface area contributed by atoms with Gasteiger partial charge in [0.15, 0.2) is 0 Å². The summed E-state index contributed by atoms with van der Waals surface area (Å²) < 4.78 is 0. The quantitative estimate of drug-likeness (QED) is 0.721. The number of hydrogen-bond acceptors (Lipinski definition) is 3. The molecule has 0 radical (unpaired) electrons. The molecule has 3 fully saturated rings. The largest absolute Gasteiger partial charge is 0.330 e. The summed E-state index contributed by atoms with van der Waals surface area (Å²) in [6.45, 7) is 3.54. The summed E-state index contributed by atoms with van der Waals surface area (Å²) >= 11 is 1.45. The minimum absolute atomic E-state index is 0.0843. The molecule has 3 aliphatic rings. The SMILES string of the molecule is O=C(N/N=C1\C[NH+]2CCC1CC2)c1cccs1. The van der Waals surface area contributed by atoms with Gasteiger partial charge >= 0.3 is 0 Å². The molecule has 3 aliphatic heterocycles. The van der Waals surface area contributed by atoms with Gasteiger partial charge in [0.1, 0.15) is 6.54 Å². The predicted molar refractivity (Wildman–Crippen MR) is 67.5 cm³/mol. The maximum absolute atomic E-state index is 11.7. The van der Waals surface area contributed by atoms with Crippen molar-refractivity contribution in [2.75, 3.05) is 19.6 Å². The first-order chi connectivity index (χ1) is 8.33. The molecule has 1 aromatic heterocycles. The maximum atomic E-state index is 11.7. The monoisotopic (exact) mass is 250 g/mol. The van der Waals surface area contributed by atoms with Gasteiger partial charge in [0.25, 0.3) is 5.91 Å². The molecule has 5 heteroatoms. The van der Waals surface area contributed by atoms with Crippen LogP contribution in [0.5, 0.6) is 0 Å². The minimum atomic E-state index is -0.0843. The summed E-state index contributed by atoms with van der Waals surface area (Å²) in [6, 6.07) is 3.70. The summed E-state index contributed by atoms with van der Waals surface area (Å²) in [5.74, 6) is 0.523. The molecule has 0 aromatic carbocycles. The summed E-state index contributed by atoms with van der Waals surface area (Å²) in [4.78, 5) is 14.1. The Morgan fingerprint density at radius 1 is 1.47 bits per heavy atom. The Bertz CT molecular complexity index is 433. The number of carbonyl (C=O) groups is 1. The molecule has 0 unspecified atom stereocenters. The lowest BCUT2D eigenvalue weighted by molar-refractivity contribution is -0.902. The van der Waals surface area contributed by atoms with Crippen molar-refractivity contribution in [1.29, 1.82) is 0 Å². The van der Waals surface area contributed by atoms with Crippen LogP contribution in [0.4, 0.5) is 0 Å². The van der Waals surface area contributed by atoms with Gasteiger partial charge in [-0.15, -0.1) is 11.3 Å². The molecule has 1 aromatic rings. The first-order valence-electron chi connectivity index (χ1n) is 6.07. The zero-order valence-corrected chi connectivity index (χ0v) is 10.4. The number of piperidine rings is 3. The van der Waals surface area contributed by atoms with E-state index in [1.165, 1.54) is 43.0 Å². The fourth-order valence-electron chi connectivity index (χ4n) is 2.65. The second-order valence-electron chi connectivity index (χ2n) is 4.72. The number of carbonyl (C=O) groups excluding carboxylic acids is 1. The first kappa shape index (κ1) is 10.9. The van der Waals surface area contributed by atoms with Crippen LogP contribution in [0, 0.1) is 5.92 Å². The third kappa shape index (κ3) is 2.25. The van der Waals surface area contributed by atoms with Crippen molar-refractivity contribution in [3.05, 3.63) is 22.4 Å². The van der Waals surface area contributed by atoms with Gasteiger partial charge < -0.3 is 4.90 Å². The van der Waals surface area contributed by atoms with Crippen LogP contribution < -0.4 is 10.3 Å². The van der Waals surface area contributed by atoms with E-state index in [2.05, 4.69) is 10.5 Å². The smallest absolute Gasteiger partial charge is 0.281 e. The van der Waals surface area contributed by atoms with E-state index in [1.54, 1.807) is 4.90 Å². The Morgan fingerprint density at radius 3 is 2.88 bits per heavy atom. The zero-order valence-electron chi connectivity index (χ0n) is 9.61. The van der Waals surface area contributed by atoms with Gasteiger partial charge in [-0.25, -0.2) is 5.43 Å². The van der Waals surface area contributed by atoms with Crippen molar-refractivity contribution in [3.8, 4) is 0 Å². The number of rotatable bonds is 2. The highest BCUT2D eigenvalue weighted by atomic mass is 32.1. The molecule has 90 valence electrons. The lowest BCUT2D eigenvalue weighted by atomic mass is 9.87. The summed E-state index contributed by atoms with van der Waals surface area (Å²) in [7, 11) is 0. The molecule has 0 aliphatic carbocycles. The highest BCUT2D eigenvalue weighted by Gasteiger charge is 2.34. The van der Waals surface area contributed by atoms with Crippen LogP contribution in [-0.2, 0) is 0 Å². The summed E-state index contributed by atoms with van der Waals surface area (Å²) in [5, 5.41) is 6.23. The normalized spacial score (nSPS) is 29.5. The number of hydrazone groups is 1. The van der Waals surface area contributed by atoms with E-state index >= 15 is 0 Å². The van der Waals surface area contributed by atoms with E-state index in [4.69, 9.17) is 0 Å². The Labute approximate surface area is 104 Å². The number of nitrogens with zero attached hydrogens (tertiary/aromatic N) is 1. The molecule has 4 heterocycles. The van der Waals surface area contributed by atoms with Gasteiger partial charge in [-0.05, 0) is 11.4 Å². The van der Waals surface area contributed by atoms with Gasteiger partial charge in [-0.2, -0.15) is 5.10 Å². The zero-order chi connectivity index (χ0) is 11.7. The van der Waals surface area contributed by atoms with Crippen LogP contribution in [0.25, 0.3) is 0 Å². The van der Waals surface area contributed by atoms with Gasteiger partial charge in [0, 0.05) is 18.8 Å². The molecule has 1 amide bonds. The topological polar surface area (TPSA) is 45.9 Å². The Morgan fingerprint density at radius 2 is 2.29 bits per heavy atom.